The van der Waals surface area contributed by atoms with Crippen LogP contribution in [-0.4, -0.2) is 144 Å². The number of carbonyl (C=O) groups is 4. The number of aromatic nitrogens is 4. The molecule has 0 unspecified atom stereocenters. The molecule has 2 fully saturated rings. The number of benzene rings is 4. The number of halogens is 1. The molecule has 2 aliphatic heterocycles. The Morgan fingerprint density at radius 2 is 0.973 bits per heavy atom. The molecule has 75 heavy (non-hydrogen) atoms. The van der Waals surface area contributed by atoms with Crippen molar-refractivity contribution < 1.29 is 19.2 Å². The van der Waals surface area contributed by atoms with Gasteiger partial charge < -0.3 is 20.4 Å². The van der Waals surface area contributed by atoms with Crippen molar-refractivity contribution in [1.82, 2.24) is 50.8 Å². The zero-order valence-corrected chi connectivity index (χ0v) is 44.7. The number of para-hydroxylation sites is 1. The molecule has 0 saturated carbocycles. The molecule has 21 heteroatoms. The highest BCUT2D eigenvalue weighted by Crippen LogP contribution is 2.31. The SMILES string of the molecule is CN1CCCN(Cc2ccc(C(=O)Nc3[nH]nc4sc(C(=O)NN(C)c5ccc(Cl)cc5)cc34)cc2)CC1.CN1CCCN(Cc2ccc(C(=O)Nc3[nH]nc4sc(C(=O)NN(C)c5ccccc5)cc34)cc2)CC1. The van der Waals surface area contributed by atoms with Crippen molar-refractivity contribution in [2.24, 2.45) is 0 Å². The Balaban J connectivity index is 0.000000184. The number of thiophene rings is 2. The van der Waals surface area contributed by atoms with Crippen LogP contribution in [-0.2, 0) is 13.1 Å². The van der Waals surface area contributed by atoms with Crippen molar-refractivity contribution in [3.05, 3.63) is 152 Å². The number of fused-ring (bicyclic) bond motifs is 2. The molecule has 10 rings (SSSR count). The van der Waals surface area contributed by atoms with Crippen LogP contribution < -0.4 is 31.5 Å². The summed E-state index contributed by atoms with van der Waals surface area (Å²) in [5, 5.41) is 25.4. The van der Waals surface area contributed by atoms with Gasteiger partial charge in [0.15, 0.2) is 0 Å². The van der Waals surface area contributed by atoms with Gasteiger partial charge in [-0.05, 0) is 137 Å². The Kier molecular flexibility index (Phi) is 17.2. The monoisotopic (exact) mass is 1070 g/mol. The first-order valence-corrected chi connectivity index (χ1v) is 26.8. The average Bonchev–Trinajstić information content (AvgIpc) is 4.16. The summed E-state index contributed by atoms with van der Waals surface area (Å²) in [6.45, 7) is 10.5. The minimum Gasteiger partial charge on any atom is -0.306 e. The molecule has 2 aliphatic rings. The number of H-pyrrole nitrogens is 2. The van der Waals surface area contributed by atoms with Crippen LogP contribution in [0.4, 0.5) is 23.0 Å². The van der Waals surface area contributed by atoms with Crippen molar-refractivity contribution in [2.45, 2.75) is 25.9 Å². The van der Waals surface area contributed by atoms with E-state index in [-0.39, 0.29) is 23.6 Å². The van der Waals surface area contributed by atoms with Crippen molar-refractivity contribution in [1.29, 1.82) is 0 Å². The summed E-state index contributed by atoms with van der Waals surface area (Å²) in [4.78, 5) is 63.4. The van der Waals surface area contributed by atoms with Gasteiger partial charge in [0.1, 0.15) is 21.3 Å². The number of nitrogens with one attached hydrogen (secondary N) is 6. The quantitative estimate of drug-likeness (QED) is 0.0573. The first-order chi connectivity index (χ1) is 36.3. The molecule has 8 aromatic rings. The lowest BCUT2D eigenvalue weighted by Gasteiger charge is -2.20. The van der Waals surface area contributed by atoms with E-state index < -0.39 is 0 Å². The van der Waals surface area contributed by atoms with Crippen LogP contribution in [0.5, 0.6) is 0 Å². The predicted molar refractivity (Wildman–Crippen MR) is 301 cm³/mol. The Hall–Kier alpha value is -7.17. The van der Waals surface area contributed by atoms with Gasteiger partial charge in [0.25, 0.3) is 23.6 Å². The van der Waals surface area contributed by atoms with Crippen LogP contribution in [0.1, 0.15) is 64.0 Å². The predicted octanol–water partition coefficient (Wildman–Crippen LogP) is 8.24. The summed E-state index contributed by atoms with van der Waals surface area (Å²) in [6.07, 6.45) is 2.34. The van der Waals surface area contributed by atoms with E-state index in [9.17, 15) is 19.2 Å². The smallest absolute Gasteiger partial charge is 0.279 e. The standard InChI is InChI=1S/C27H30ClN7O2S.C27H31N7O2S/c1-33-12-3-13-35(15-14-33)17-18-4-6-19(7-5-18)25(36)29-24-22-16-23(38-27(22)31-30-24)26(37)32-34(2)21-10-8-20(28)9-11-21;1-32-13-6-14-34(16-15-32)18-19-9-11-20(12-10-19)25(35)28-24-22-17-23(37-27(22)30-29-24)26(36)31-33(2)21-7-4-3-5-8-21/h4-11,16H,3,12-15,17H2,1-2H3,(H,32,37)(H2,29,30,31,36);3-5,7-12,17H,6,13-16,18H2,1-2H3,(H,31,36)(H2,28,29,30,35). The summed E-state index contributed by atoms with van der Waals surface area (Å²) in [5.74, 6) is -0.0334. The van der Waals surface area contributed by atoms with Crippen molar-refractivity contribution >= 4 is 101 Å². The summed E-state index contributed by atoms with van der Waals surface area (Å²) in [5.41, 5.74) is 10.9. The summed E-state index contributed by atoms with van der Waals surface area (Å²) < 4.78 is 0. The van der Waals surface area contributed by atoms with E-state index in [0.29, 0.717) is 58.0 Å². The molecule has 0 aliphatic carbocycles. The molecule has 2 saturated heterocycles. The molecule has 0 bridgehead atoms. The van der Waals surface area contributed by atoms with E-state index in [1.807, 2.05) is 91.0 Å². The lowest BCUT2D eigenvalue weighted by molar-refractivity contribution is 0.0947. The van der Waals surface area contributed by atoms with Crippen molar-refractivity contribution in [3.8, 4) is 0 Å². The number of hydrogen-bond acceptors (Lipinski definition) is 14. The van der Waals surface area contributed by atoms with Gasteiger partial charge in [-0.25, -0.2) is 0 Å². The normalized spacial score (nSPS) is 14.8. The number of carbonyl (C=O) groups excluding carboxylic acids is 4. The Morgan fingerprint density at radius 3 is 1.41 bits per heavy atom. The zero-order valence-electron chi connectivity index (χ0n) is 42.4. The fourth-order valence-electron chi connectivity index (χ4n) is 8.82. The molecule has 4 amide bonds. The third-order valence-electron chi connectivity index (χ3n) is 13.2. The second kappa shape index (κ2) is 24.5. The minimum atomic E-state index is -0.269. The highest BCUT2D eigenvalue weighted by atomic mass is 35.5. The fraction of sp³-hybridized carbons (Fsp3) is 0.296. The van der Waals surface area contributed by atoms with Gasteiger partial charge in [0.2, 0.25) is 0 Å². The zero-order chi connectivity index (χ0) is 52.4. The minimum absolute atomic E-state index is 0.227. The number of amides is 4. The lowest BCUT2D eigenvalue weighted by atomic mass is 10.1. The molecule has 0 radical (unpaired) electrons. The molecule has 18 nitrogen and oxygen atoms in total. The van der Waals surface area contributed by atoms with Crippen LogP contribution in [0.3, 0.4) is 0 Å². The number of rotatable bonds is 14. The number of anilines is 4. The van der Waals surface area contributed by atoms with Crippen LogP contribution in [0.15, 0.2) is 115 Å². The molecule has 4 aromatic carbocycles. The molecular weight excluding hydrogens is 1010 g/mol. The highest BCUT2D eigenvalue weighted by Gasteiger charge is 2.21. The first kappa shape index (κ1) is 52.7. The number of hydrazine groups is 2. The fourth-order valence-corrected chi connectivity index (χ4v) is 10.7. The van der Waals surface area contributed by atoms with Crippen LogP contribution in [0.2, 0.25) is 5.02 Å². The second-order valence-electron chi connectivity index (χ2n) is 18.8. The number of hydrogen-bond donors (Lipinski definition) is 6. The number of nitrogens with zero attached hydrogens (tertiary/aromatic N) is 8. The molecule has 6 N–H and O–H groups in total. The van der Waals surface area contributed by atoms with Gasteiger partial charge >= 0.3 is 0 Å². The Morgan fingerprint density at radius 1 is 0.547 bits per heavy atom. The Bertz CT molecular complexity index is 3210. The maximum Gasteiger partial charge on any atom is 0.279 e. The molecule has 390 valence electrons. The van der Waals surface area contributed by atoms with Crippen molar-refractivity contribution in [3.63, 3.8) is 0 Å². The van der Waals surface area contributed by atoms with E-state index in [1.54, 1.807) is 48.4 Å². The number of aromatic amines is 2. The van der Waals surface area contributed by atoms with Gasteiger partial charge in [-0.3, -0.25) is 60.0 Å². The molecule has 6 heterocycles. The van der Waals surface area contributed by atoms with E-state index in [4.69, 9.17) is 11.6 Å². The maximum atomic E-state index is 12.9. The number of likely N-dealkylation sites (N-methyl/N-ethyl adjacent to an activating group) is 2. The third kappa shape index (κ3) is 13.8. The second-order valence-corrected chi connectivity index (χ2v) is 21.3. The summed E-state index contributed by atoms with van der Waals surface area (Å²) >= 11 is 8.46. The van der Waals surface area contributed by atoms with Gasteiger partial charge in [-0.1, -0.05) is 54.1 Å². The molecule has 4 aromatic heterocycles. The van der Waals surface area contributed by atoms with Gasteiger partial charge in [-0.2, -0.15) is 10.2 Å². The van der Waals surface area contributed by atoms with Gasteiger partial charge in [-0.15, -0.1) is 22.7 Å². The lowest BCUT2D eigenvalue weighted by Crippen LogP contribution is -2.38. The topological polar surface area (TPSA) is 193 Å². The van der Waals surface area contributed by atoms with Crippen molar-refractivity contribution in [2.75, 3.05) is 101 Å². The average molecular weight is 1070 g/mol. The largest absolute Gasteiger partial charge is 0.306 e. The Labute approximate surface area is 448 Å². The molecular formula is C54H61ClN14O4S2. The van der Waals surface area contributed by atoms with Crippen LogP contribution in [0.25, 0.3) is 20.4 Å². The van der Waals surface area contributed by atoms with Gasteiger partial charge in [0, 0.05) is 69.5 Å². The maximum absolute atomic E-state index is 12.9. The van der Waals surface area contributed by atoms with E-state index >= 15 is 0 Å². The van der Waals surface area contributed by atoms with Gasteiger partial charge in [0.05, 0.1) is 31.9 Å². The van der Waals surface area contributed by atoms with E-state index in [0.717, 1.165) is 76.8 Å². The summed E-state index contributed by atoms with van der Waals surface area (Å²) in [6, 6.07) is 35.7. The van der Waals surface area contributed by atoms with Crippen LogP contribution in [0, 0.1) is 0 Å². The third-order valence-corrected chi connectivity index (χ3v) is 15.5. The van der Waals surface area contributed by atoms with E-state index in [1.165, 1.54) is 46.6 Å². The molecule has 0 atom stereocenters. The first-order valence-electron chi connectivity index (χ1n) is 24.8. The molecule has 0 spiro atoms. The highest BCUT2D eigenvalue weighted by molar-refractivity contribution is 7.20. The summed E-state index contributed by atoms with van der Waals surface area (Å²) in [7, 11) is 7.87. The van der Waals surface area contributed by atoms with Crippen LogP contribution >= 0.6 is 34.3 Å². The van der Waals surface area contributed by atoms with E-state index in [2.05, 4.69) is 75.6 Å².